The standard InChI is InChI=1S/C13H16N2O3S/c1-2-14-13(16)15-5-6-19-12(15)9-3-4-10-11(7-9)18-8-17-10/h3-4,7,12H,2,5-6,8H2,1H3,(H,14,16). The Kier molecular flexibility index (Phi) is 3.42. The van der Waals surface area contributed by atoms with Crippen molar-refractivity contribution < 1.29 is 14.3 Å². The molecule has 1 unspecified atom stereocenters. The molecular formula is C13H16N2O3S. The average Bonchev–Trinajstić information content (AvgIpc) is 3.07. The number of fused-ring (bicyclic) bond motifs is 1. The van der Waals surface area contributed by atoms with Gasteiger partial charge in [0.05, 0.1) is 0 Å². The molecule has 0 aromatic heterocycles. The molecule has 0 aliphatic carbocycles. The van der Waals surface area contributed by atoms with Crippen LogP contribution >= 0.6 is 11.8 Å². The van der Waals surface area contributed by atoms with Crippen molar-refractivity contribution in [2.24, 2.45) is 0 Å². The second-order valence-electron chi connectivity index (χ2n) is 4.36. The zero-order chi connectivity index (χ0) is 13.2. The highest BCUT2D eigenvalue weighted by Gasteiger charge is 2.31. The molecule has 0 bridgehead atoms. The summed E-state index contributed by atoms with van der Waals surface area (Å²) in [4.78, 5) is 13.9. The fourth-order valence-corrected chi connectivity index (χ4v) is 3.52. The number of ether oxygens (including phenoxy) is 2. The summed E-state index contributed by atoms with van der Waals surface area (Å²) < 4.78 is 10.7. The summed E-state index contributed by atoms with van der Waals surface area (Å²) in [7, 11) is 0. The van der Waals surface area contributed by atoms with Crippen LogP contribution in [0.5, 0.6) is 11.5 Å². The molecule has 2 heterocycles. The third kappa shape index (κ3) is 2.32. The van der Waals surface area contributed by atoms with Gasteiger partial charge in [-0.15, -0.1) is 11.8 Å². The maximum Gasteiger partial charge on any atom is 0.318 e. The second kappa shape index (κ2) is 5.21. The Morgan fingerprint density at radius 1 is 1.47 bits per heavy atom. The number of benzene rings is 1. The number of nitrogens with one attached hydrogen (secondary N) is 1. The summed E-state index contributed by atoms with van der Waals surface area (Å²) >= 11 is 1.77. The maximum absolute atomic E-state index is 12.0. The van der Waals surface area contributed by atoms with Gasteiger partial charge in [0, 0.05) is 18.8 Å². The third-order valence-corrected chi connectivity index (χ3v) is 4.42. The number of amides is 2. The van der Waals surface area contributed by atoms with E-state index >= 15 is 0 Å². The molecule has 0 radical (unpaired) electrons. The summed E-state index contributed by atoms with van der Waals surface area (Å²) in [5.74, 6) is 2.49. The van der Waals surface area contributed by atoms with E-state index in [1.54, 1.807) is 11.8 Å². The smallest absolute Gasteiger partial charge is 0.318 e. The number of rotatable bonds is 2. The van der Waals surface area contributed by atoms with Gasteiger partial charge in [0.2, 0.25) is 6.79 Å². The number of hydrogen-bond acceptors (Lipinski definition) is 4. The van der Waals surface area contributed by atoms with E-state index in [0.717, 1.165) is 29.4 Å². The van der Waals surface area contributed by atoms with Gasteiger partial charge in [0.25, 0.3) is 0 Å². The molecule has 3 rings (SSSR count). The second-order valence-corrected chi connectivity index (χ2v) is 5.55. The van der Waals surface area contributed by atoms with Crippen LogP contribution in [-0.2, 0) is 0 Å². The first kappa shape index (κ1) is 12.5. The molecule has 1 saturated heterocycles. The highest BCUT2D eigenvalue weighted by Crippen LogP contribution is 2.42. The van der Waals surface area contributed by atoms with Crippen molar-refractivity contribution in [2.75, 3.05) is 25.6 Å². The summed E-state index contributed by atoms with van der Waals surface area (Å²) in [6.45, 7) is 3.62. The lowest BCUT2D eigenvalue weighted by atomic mass is 10.2. The number of urea groups is 1. The van der Waals surface area contributed by atoms with E-state index in [1.165, 1.54) is 0 Å². The highest BCUT2D eigenvalue weighted by atomic mass is 32.2. The molecule has 2 amide bonds. The largest absolute Gasteiger partial charge is 0.454 e. The Hall–Kier alpha value is -1.56. The Balaban J connectivity index is 1.82. The molecule has 2 aliphatic heterocycles. The van der Waals surface area contributed by atoms with Crippen LogP contribution < -0.4 is 14.8 Å². The third-order valence-electron chi connectivity index (χ3n) is 3.16. The highest BCUT2D eigenvalue weighted by molar-refractivity contribution is 7.99. The van der Waals surface area contributed by atoms with Crippen molar-refractivity contribution in [3.8, 4) is 11.5 Å². The summed E-state index contributed by atoms with van der Waals surface area (Å²) in [6.07, 6.45) is 0. The minimum Gasteiger partial charge on any atom is -0.454 e. The lowest BCUT2D eigenvalue weighted by Crippen LogP contribution is -2.39. The zero-order valence-corrected chi connectivity index (χ0v) is 11.5. The van der Waals surface area contributed by atoms with Crippen LogP contribution in [0.1, 0.15) is 17.9 Å². The predicted molar refractivity (Wildman–Crippen MR) is 73.5 cm³/mol. The lowest BCUT2D eigenvalue weighted by Gasteiger charge is -2.24. The molecule has 1 N–H and O–H groups in total. The van der Waals surface area contributed by atoms with E-state index in [0.29, 0.717) is 6.54 Å². The van der Waals surface area contributed by atoms with Gasteiger partial charge in [-0.1, -0.05) is 6.07 Å². The first-order chi connectivity index (χ1) is 9.29. The Morgan fingerprint density at radius 3 is 3.16 bits per heavy atom. The molecule has 0 spiro atoms. The van der Waals surface area contributed by atoms with Gasteiger partial charge in [-0.05, 0) is 24.6 Å². The van der Waals surface area contributed by atoms with Gasteiger partial charge < -0.3 is 19.7 Å². The first-order valence-corrected chi connectivity index (χ1v) is 7.40. The zero-order valence-electron chi connectivity index (χ0n) is 10.7. The van der Waals surface area contributed by atoms with Gasteiger partial charge in [0.1, 0.15) is 5.37 Å². The van der Waals surface area contributed by atoms with Crippen LogP contribution in [0.25, 0.3) is 0 Å². The number of hydrogen-bond donors (Lipinski definition) is 1. The fraction of sp³-hybridized carbons (Fsp3) is 0.462. The molecule has 1 aromatic carbocycles. The number of carbonyl (C=O) groups excluding carboxylic acids is 1. The van der Waals surface area contributed by atoms with Gasteiger partial charge in [0.15, 0.2) is 11.5 Å². The quantitative estimate of drug-likeness (QED) is 0.902. The van der Waals surface area contributed by atoms with E-state index in [1.807, 2.05) is 30.0 Å². The minimum atomic E-state index is -0.00448. The summed E-state index contributed by atoms with van der Waals surface area (Å²) in [5, 5.41) is 2.91. The Morgan fingerprint density at radius 2 is 2.32 bits per heavy atom. The molecule has 1 fully saturated rings. The Bertz CT molecular complexity index is 495. The molecule has 19 heavy (non-hydrogen) atoms. The van der Waals surface area contributed by atoms with Crippen LogP contribution in [0.4, 0.5) is 4.79 Å². The van der Waals surface area contributed by atoms with Crippen molar-refractivity contribution >= 4 is 17.8 Å². The van der Waals surface area contributed by atoms with Crippen LogP contribution in [-0.4, -0.2) is 36.6 Å². The molecular weight excluding hydrogens is 264 g/mol. The van der Waals surface area contributed by atoms with Gasteiger partial charge >= 0.3 is 6.03 Å². The Labute approximate surface area is 116 Å². The van der Waals surface area contributed by atoms with E-state index in [2.05, 4.69) is 5.32 Å². The molecule has 1 aromatic rings. The van der Waals surface area contributed by atoms with E-state index < -0.39 is 0 Å². The van der Waals surface area contributed by atoms with Crippen molar-refractivity contribution in [3.63, 3.8) is 0 Å². The number of carbonyl (C=O) groups is 1. The first-order valence-electron chi connectivity index (χ1n) is 6.35. The van der Waals surface area contributed by atoms with Crippen molar-refractivity contribution in [3.05, 3.63) is 23.8 Å². The molecule has 2 aliphatic rings. The van der Waals surface area contributed by atoms with Crippen LogP contribution in [0.3, 0.4) is 0 Å². The number of thioether (sulfide) groups is 1. The minimum absolute atomic E-state index is 0.00448. The van der Waals surface area contributed by atoms with Gasteiger partial charge in [-0.25, -0.2) is 4.79 Å². The predicted octanol–water partition coefficient (Wildman–Crippen LogP) is 2.19. The normalized spacial score (nSPS) is 20.7. The monoisotopic (exact) mass is 280 g/mol. The lowest BCUT2D eigenvalue weighted by molar-refractivity contribution is 0.174. The molecule has 0 saturated carbocycles. The molecule has 6 heteroatoms. The summed E-state index contributed by atoms with van der Waals surface area (Å²) in [6, 6.07) is 5.88. The summed E-state index contributed by atoms with van der Waals surface area (Å²) in [5.41, 5.74) is 1.08. The van der Waals surface area contributed by atoms with Crippen molar-refractivity contribution in [1.29, 1.82) is 0 Å². The number of nitrogens with zero attached hydrogens (tertiary/aromatic N) is 1. The average molecular weight is 280 g/mol. The van der Waals surface area contributed by atoms with E-state index in [-0.39, 0.29) is 18.2 Å². The van der Waals surface area contributed by atoms with E-state index in [4.69, 9.17) is 9.47 Å². The molecule has 1 atom stereocenters. The fourth-order valence-electron chi connectivity index (χ4n) is 2.27. The SMILES string of the molecule is CCNC(=O)N1CCSC1c1ccc2c(c1)OCO2. The van der Waals surface area contributed by atoms with Gasteiger partial charge in [-0.2, -0.15) is 0 Å². The van der Waals surface area contributed by atoms with Gasteiger partial charge in [-0.3, -0.25) is 0 Å². The molecule has 102 valence electrons. The van der Waals surface area contributed by atoms with Crippen molar-refractivity contribution in [1.82, 2.24) is 10.2 Å². The topological polar surface area (TPSA) is 50.8 Å². The van der Waals surface area contributed by atoms with E-state index in [9.17, 15) is 4.79 Å². The van der Waals surface area contributed by atoms with Crippen LogP contribution in [0.15, 0.2) is 18.2 Å². The van der Waals surface area contributed by atoms with Crippen LogP contribution in [0.2, 0.25) is 0 Å². The van der Waals surface area contributed by atoms with Crippen molar-refractivity contribution in [2.45, 2.75) is 12.3 Å². The van der Waals surface area contributed by atoms with Crippen LogP contribution in [0, 0.1) is 0 Å². The maximum atomic E-state index is 12.0. The molecule has 5 nitrogen and oxygen atoms in total.